The molecule has 4 atom stereocenters. The molecular formula is C11H22O4. The Labute approximate surface area is 90.9 Å². The van der Waals surface area contributed by atoms with Crippen molar-refractivity contribution < 1.29 is 20.1 Å². The second kappa shape index (κ2) is 4.78. The Bertz CT molecular complexity index is 205. The minimum atomic E-state index is -0.976. The van der Waals surface area contributed by atoms with E-state index in [1.807, 2.05) is 13.8 Å². The van der Waals surface area contributed by atoms with E-state index >= 15 is 0 Å². The predicted octanol–water partition coefficient (Wildman–Crippen LogP) is 0.294. The van der Waals surface area contributed by atoms with Gasteiger partial charge < -0.3 is 20.1 Å². The zero-order valence-corrected chi connectivity index (χ0v) is 9.68. The third-order valence-corrected chi connectivity index (χ3v) is 3.21. The molecule has 1 saturated heterocycles. The molecule has 4 nitrogen and oxygen atoms in total. The first-order valence-electron chi connectivity index (χ1n) is 5.56. The number of aliphatic hydroxyl groups is 3. The van der Waals surface area contributed by atoms with Crippen LogP contribution < -0.4 is 0 Å². The topological polar surface area (TPSA) is 69.9 Å². The molecule has 3 N–H and O–H groups in total. The summed E-state index contributed by atoms with van der Waals surface area (Å²) >= 11 is 0. The van der Waals surface area contributed by atoms with Crippen molar-refractivity contribution in [3.63, 3.8) is 0 Å². The predicted molar refractivity (Wildman–Crippen MR) is 56.4 cm³/mol. The van der Waals surface area contributed by atoms with Crippen LogP contribution in [0.3, 0.4) is 0 Å². The van der Waals surface area contributed by atoms with Gasteiger partial charge in [-0.05, 0) is 11.8 Å². The minimum absolute atomic E-state index is 0.181. The van der Waals surface area contributed by atoms with E-state index in [9.17, 15) is 10.2 Å². The molecule has 1 rings (SSSR count). The summed E-state index contributed by atoms with van der Waals surface area (Å²) in [5, 5.41) is 28.4. The fourth-order valence-corrected chi connectivity index (χ4v) is 2.33. The van der Waals surface area contributed by atoms with Crippen LogP contribution in [-0.4, -0.2) is 46.3 Å². The third kappa shape index (κ3) is 2.50. The van der Waals surface area contributed by atoms with Gasteiger partial charge in [0.1, 0.15) is 18.3 Å². The second-order valence-electron chi connectivity index (χ2n) is 5.00. The van der Waals surface area contributed by atoms with Gasteiger partial charge in [0.15, 0.2) is 0 Å². The zero-order valence-electron chi connectivity index (χ0n) is 9.68. The Morgan fingerprint density at radius 1 is 1.20 bits per heavy atom. The van der Waals surface area contributed by atoms with E-state index in [0.717, 1.165) is 12.8 Å². The van der Waals surface area contributed by atoms with Gasteiger partial charge in [-0.2, -0.15) is 0 Å². The van der Waals surface area contributed by atoms with Crippen molar-refractivity contribution in [2.24, 2.45) is 5.41 Å². The van der Waals surface area contributed by atoms with Gasteiger partial charge in [-0.3, -0.25) is 0 Å². The molecule has 0 radical (unpaired) electrons. The molecule has 0 aliphatic carbocycles. The first kappa shape index (κ1) is 12.9. The molecule has 0 saturated carbocycles. The number of aliphatic hydroxyl groups excluding tert-OH is 3. The molecule has 0 aromatic carbocycles. The number of ether oxygens (including phenoxy) is 1. The van der Waals surface area contributed by atoms with Gasteiger partial charge in [-0.1, -0.05) is 27.2 Å². The average Bonchev–Trinajstić information content (AvgIpc) is 2.44. The van der Waals surface area contributed by atoms with Gasteiger partial charge in [0.05, 0.1) is 12.7 Å². The summed E-state index contributed by atoms with van der Waals surface area (Å²) in [6, 6.07) is 0. The normalized spacial score (nSPS) is 37.2. The second-order valence-corrected chi connectivity index (χ2v) is 5.00. The highest BCUT2D eigenvalue weighted by atomic mass is 16.6. The Balaban J connectivity index is 2.71. The Morgan fingerprint density at radius 2 is 1.80 bits per heavy atom. The minimum Gasteiger partial charge on any atom is -0.394 e. The lowest BCUT2D eigenvalue weighted by atomic mass is 9.79. The van der Waals surface area contributed by atoms with E-state index in [-0.39, 0.29) is 12.0 Å². The lowest BCUT2D eigenvalue weighted by molar-refractivity contribution is -0.0724. The first-order valence-corrected chi connectivity index (χ1v) is 5.56. The number of rotatable bonds is 4. The van der Waals surface area contributed by atoms with E-state index in [1.54, 1.807) is 0 Å². The van der Waals surface area contributed by atoms with Crippen LogP contribution in [0.5, 0.6) is 0 Å². The monoisotopic (exact) mass is 218 g/mol. The maximum atomic E-state index is 9.84. The summed E-state index contributed by atoms with van der Waals surface area (Å²) in [6.45, 7) is 5.84. The lowest BCUT2D eigenvalue weighted by Gasteiger charge is -2.32. The van der Waals surface area contributed by atoms with Crippen LogP contribution in [0.4, 0.5) is 0 Å². The fraction of sp³-hybridized carbons (Fsp3) is 1.00. The van der Waals surface area contributed by atoms with E-state index in [1.165, 1.54) is 0 Å². The van der Waals surface area contributed by atoms with Crippen molar-refractivity contribution in [1.82, 2.24) is 0 Å². The quantitative estimate of drug-likeness (QED) is 0.634. The van der Waals surface area contributed by atoms with Crippen LogP contribution in [0.15, 0.2) is 0 Å². The molecule has 0 aromatic heterocycles. The SMILES string of the molecule is CCCC(C)(C)C1OC(CO)C(O)C1O. The van der Waals surface area contributed by atoms with Crippen molar-refractivity contribution in [1.29, 1.82) is 0 Å². The van der Waals surface area contributed by atoms with Crippen LogP contribution in [-0.2, 0) is 4.74 Å². The molecule has 0 bridgehead atoms. The molecule has 0 spiro atoms. The molecule has 15 heavy (non-hydrogen) atoms. The largest absolute Gasteiger partial charge is 0.394 e. The van der Waals surface area contributed by atoms with E-state index in [0.29, 0.717) is 0 Å². The third-order valence-electron chi connectivity index (χ3n) is 3.21. The van der Waals surface area contributed by atoms with Gasteiger partial charge in [0.2, 0.25) is 0 Å². The fourth-order valence-electron chi connectivity index (χ4n) is 2.33. The Morgan fingerprint density at radius 3 is 2.20 bits per heavy atom. The van der Waals surface area contributed by atoms with Crippen molar-refractivity contribution in [3.05, 3.63) is 0 Å². The molecular weight excluding hydrogens is 196 g/mol. The van der Waals surface area contributed by atoms with Crippen molar-refractivity contribution in [2.75, 3.05) is 6.61 Å². The zero-order chi connectivity index (χ0) is 11.6. The summed E-state index contributed by atoms with van der Waals surface area (Å²) in [7, 11) is 0. The maximum absolute atomic E-state index is 9.84. The Kier molecular flexibility index (Phi) is 4.12. The van der Waals surface area contributed by atoms with E-state index in [4.69, 9.17) is 9.84 Å². The molecule has 4 unspecified atom stereocenters. The molecule has 1 heterocycles. The van der Waals surface area contributed by atoms with Crippen LogP contribution in [0.1, 0.15) is 33.6 Å². The summed E-state index contributed by atoms with van der Waals surface area (Å²) in [6.07, 6.45) is -1.01. The van der Waals surface area contributed by atoms with Gasteiger partial charge in [0, 0.05) is 0 Å². The van der Waals surface area contributed by atoms with Crippen LogP contribution in [0, 0.1) is 5.41 Å². The van der Waals surface area contributed by atoms with Crippen molar-refractivity contribution in [2.45, 2.75) is 58.0 Å². The molecule has 0 amide bonds. The van der Waals surface area contributed by atoms with Crippen molar-refractivity contribution in [3.8, 4) is 0 Å². The smallest absolute Gasteiger partial charge is 0.111 e. The maximum Gasteiger partial charge on any atom is 0.111 e. The van der Waals surface area contributed by atoms with Gasteiger partial charge in [0.25, 0.3) is 0 Å². The summed E-state index contributed by atoms with van der Waals surface area (Å²) in [5.74, 6) is 0. The number of hydrogen-bond acceptors (Lipinski definition) is 4. The van der Waals surface area contributed by atoms with Crippen LogP contribution in [0.2, 0.25) is 0 Å². The summed E-state index contributed by atoms with van der Waals surface area (Å²) in [5.41, 5.74) is -0.181. The van der Waals surface area contributed by atoms with Crippen LogP contribution in [0.25, 0.3) is 0 Å². The molecule has 1 fully saturated rings. The van der Waals surface area contributed by atoms with Gasteiger partial charge in [-0.15, -0.1) is 0 Å². The average molecular weight is 218 g/mol. The molecule has 0 aromatic rings. The highest BCUT2D eigenvalue weighted by Crippen LogP contribution is 2.37. The highest BCUT2D eigenvalue weighted by Gasteiger charge is 2.48. The van der Waals surface area contributed by atoms with E-state index in [2.05, 4.69) is 6.92 Å². The van der Waals surface area contributed by atoms with Gasteiger partial charge >= 0.3 is 0 Å². The Hall–Kier alpha value is -0.160. The highest BCUT2D eigenvalue weighted by molar-refractivity contribution is 4.96. The molecule has 1 aliphatic heterocycles. The molecule has 1 aliphatic rings. The summed E-state index contributed by atoms with van der Waals surface area (Å²) < 4.78 is 5.50. The lowest BCUT2D eigenvalue weighted by Crippen LogP contribution is -2.40. The molecule has 90 valence electrons. The van der Waals surface area contributed by atoms with Crippen molar-refractivity contribution >= 4 is 0 Å². The van der Waals surface area contributed by atoms with Gasteiger partial charge in [-0.25, -0.2) is 0 Å². The summed E-state index contributed by atoms with van der Waals surface area (Å²) in [4.78, 5) is 0. The van der Waals surface area contributed by atoms with Crippen LogP contribution >= 0.6 is 0 Å². The first-order chi connectivity index (χ1) is 6.94. The number of hydrogen-bond donors (Lipinski definition) is 3. The molecule has 4 heteroatoms. The standard InChI is InChI=1S/C11H22O4/c1-4-5-11(2,3)10-9(14)8(13)7(6-12)15-10/h7-10,12-14H,4-6H2,1-3H3. The van der Waals surface area contributed by atoms with E-state index < -0.39 is 24.4 Å².